The normalized spacial score (nSPS) is 12.6. The summed E-state index contributed by atoms with van der Waals surface area (Å²) in [6.07, 6.45) is 1.11. The number of ether oxygens (including phenoxy) is 1. The molecule has 1 heterocycles. The third-order valence-electron chi connectivity index (χ3n) is 3.96. The molecule has 1 amide bonds. The summed E-state index contributed by atoms with van der Waals surface area (Å²) in [4.78, 5) is 17.6. The maximum Gasteiger partial charge on any atom is 0.279 e. The maximum absolute atomic E-state index is 12.7. The SMILES string of the molecule is CCOCCn1c(=NC(=O)c2cccc(S(C)(=O)=O)c2)sc2ccccc21. The van der Waals surface area contributed by atoms with E-state index in [0.29, 0.717) is 24.6 Å². The van der Waals surface area contributed by atoms with Gasteiger partial charge >= 0.3 is 0 Å². The Morgan fingerprint density at radius 3 is 2.70 bits per heavy atom. The van der Waals surface area contributed by atoms with Gasteiger partial charge < -0.3 is 9.30 Å². The van der Waals surface area contributed by atoms with Crippen molar-refractivity contribution in [1.29, 1.82) is 0 Å². The lowest BCUT2D eigenvalue weighted by Crippen LogP contribution is -2.19. The van der Waals surface area contributed by atoms with Crippen LogP contribution in [0.4, 0.5) is 0 Å². The van der Waals surface area contributed by atoms with Crippen LogP contribution in [0, 0.1) is 0 Å². The van der Waals surface area contributed by atoms with Crippen LogP contribution in [0.3, 0.4) is 0 Å². The number of benzene rings is 2. The molecular weight excluding hydrogens is 384 g/mol. The van der Waals surface area contributed by atoms with E-state index in [-0.39, 0.29) is 10.5 Å². The van der Waals surface area contributed by atoms with Crippen molar-refractivity contribution < 1.29 is 17.9 Å². The summed E-state index contributed by atoms with van der Waals surface area (Å²) in [5, 5.41) is 0. The van der Waals surface area contributed by atoms with E-state index in [1.54, 1.807) is 12.1 Å². The second kappa shape index (κ2) is 8.16. The number of hydrogen-bond acceptors (Lipinski definition) is 5. The van der Waals surface area contributed by atoms with Crippen LogP contribution in [0.25, 0.3) is 10.2 Å². The average molecular weight is 405 g/mol. The number of fused-ring (bicyclic) bond motifs is 1. The van der Waals surface area contributed by atoms with Gasteiger partial charge in [-0.2, -0.15) is 4.99 Å². The highest BCUT2D eigenvalue weighted by molar-refractivity contribution is 7.90. The lowest BCUT2D eigenvalue weighted by atomic mass is 10.2. The number of carbonyl (C=O) groups is 1. The van der Waals surface area contributed by atoms with Crippen molar-refractivity contribution in [3.8, 4) is 0 Å². The van der Waals surface area contributed by atoms with Crippen molar-refractivity contribution in [2.45, 2.75) is 18.4 Å². The molecule has 0 aliphatic rings. The molecule has 3 aromatic rings. The Hall–Kier alpha value is -2.29. The largest absolute Gasteiger partial charge is 0.380 e. The number of carbonyl (C=O) groups excluding carboxylic acids is 1. The first-order valence-electron chi connectivity index (χ1n) is 8.45. The van der Waals surface area contributed by atoms with Crippen LogP contribution in [-0.2, 0) is 21.1 Å². The minimum absolute atomic E-state index is 0.101. The second-order valence-corrected chi connectivity index (χ2v) is 8.94. The van der Waals surface area contributed by atoms with Gasteiger partial charge in [0.15, 0.2) is 14.6 Å². The average Bonchev–Trinajstić information content (AvgIpc) is 2.99. The second-order valence-electron chi connectivity index (χ2n) is 5.92. The fraction of sp³-hybridized carbons (Fsp3) is 0.263. The Labute approximate surface area is 161 Å². The van der Waals surface area contributed by atoms with E-state index < -0.39 is 15.7 Å². The van der Waals surface area contributed by atoms with Gasteiger partial charge in [-0.15, -0.1) is 0 Å². The van der Waals surface area contributed by atoms with Crippen molar-refractivity contribution in [3.63, 3.8) is 0 Å². The van der Waals surface area contributed by atoms with Gasteiger partial charge in [-0.3, -0.25) is 4.79 Å². The fourth-order valence-corrected chi connectivity index (χ4v) is 4.35. The van der Waals surface area contributed by atoms with Crippen LogP contribution in [0.1, 0.15) is 17.3 Å². The summed E-state index contributed by atoms with van der Waals surface area (Å²) in [5.74, 6) is -0.475. The molecule has 0 spiro atoms. The predicted octanol–water partition coefficient (Wildman–Crippen LogP) is 2.88. The first-order chi connectivity index (χ1) is 12.9. The van der Waals surface area contributed by atoms with Gasteiger partial charge in [0.05, 0.1) is 21.7 Å². The van der Waals surface area contributed by atoms with E-state index in [9.17, 15) is 13.2 Å². The van der Waals surface area contributed by atoms with Crippen molar-refractivity contribution in [2.24, 2.45) is 4.99 Å². The summed E-state index contributed by atoms with van der Waals surface area (Å²) in [6.45, 7) is 3.64. The summed E-state index contributed by atoms with van der Waals surface area (Å²) in [6, 6.07) is 13.8. The van der Waals surface area contributed by atoms with Crippen molar-refractivity contribution >= 4 is 37.3 Å². The zero-order valence-electron chi connectivity index (χ0n) is 15.1. The standard InChI is InChI=1S/C19H20N2O4S2/c1-3-25-12-11-21-16-9-4-5-10-17(16)26-19(21)20-18(22)14-7-6-8-15(13-14)27(2,23)24/h4-10,13H,3,11-12H2,1-2H3. The van der Waals surface area contributed by atoms with Crippen LogP contribution >= 0.6 is 11.3 Å². The molecule has 8 heteroatoms. The summed E-state index contributed by atoms with van der Waals surface area (Å²) < 4.78 is 31.9. The van der Waals surface area contributed by atoms with Gasteiger partial charge in [0.2, 0.25) is 0 Å². The molecule has 0 aliphatic heterocycles. The van der Waals surface area contributed by atoms with Crippen LogP contribution in [-0.4, -0.2) is 38.4 Å². The number of aromatic nitrogens is 1. The summed E-state index contributed by atoms with van der Waals surface area (Å²) >= 11 is 1.42. The minimum Gasteiger partial charge on any atom is -0.380 e. The van der Waals surface area contributed by atoms with Gasteiger partial charge in [-0.25, -0.2) is 8.42 Å². The van der Waals surface area contributed by atoms with Crippen molar-refractivity contribution in [2.75, 3.05) is 19.5 Å². The van der Waals surface area contributed by atoms with Crippen molar-refractivity contribution in [1.82, 2.24) is 4.57 Å². The van der Waals surface area contributed by atoms with Crippen LogP contribution in [0.15, 0.2) is 58.4 Å². The molecule has 27 heavy (non-hydrogen) atoms. The number of sulfone groups is 1. The quantitative estimate of drug-likeness (QED) is 0.592. The van der Waals surface area contributed by atoms with Crippen LogP contribution in [0.5, 0.6) is 0 Å². The lowest BCUT2D eigenvalue weighted by Gasteiger charge is -2.05. The first-order valence-corrected chi connectivity index (χ1v) is 11.2. The monoisotopic (exact) mass is 404 g/mol. The van der Waals surface area contributed by atoms with Gasteiger partial charge in [0.25, 0.3) is 5.91 Å². The predicted molar refractivity (Wildman–Crippen MR) is 106 cm³/mol. The number of para-hydroxylation sites is 1. The molecule has 6 nitrogen and oxygen atoms in total. The van der Waals surface area contributed by atoms with Gasteiger partial charge in [-0.05, 0) is 37.3 Å². The molecule has 1 aromatic heterocycles. The van der Waals surface area contributed by atoms with Crippen molar-refractivity contribution in [3.05, 3.63) is 58.9 Å². The number of rotatable bonds is 6. The molecule has 0 saturated carbocycles. The van der Waals surface area contributed by atoms with E-state index in [2.05, 4.69) is 4.99 Å². The molecule has 0 N–H and O–H groups in total. The van der Waals surface area contributed by atoms with E-state index in [0.717, 1.165) is 16.5 Å². The van der Waals surface area contributed by atoms with E-state index in [4.69, 9.17) is 4.74 Å². The number of nitrogens with zero attached hydrogens (tertiary/aromatic N) is 2. The first kappa shape index (κ1) is 19.5. The zero-order chi connectivity index (χ0) is 19.4. The smallest absolute Gasteiger partial charge is 0.279 e. The molecule has 0 saturated heterocycles. The zero-order valence-corrected chi connectivity index (χ0v) is 16.7. The fourth-order valence-electron chi connectivity index (χ4n) is 2.63. The highest BCUT2D eigenvalue weighted by Crippen LogP contribution is 2.17. The third kappa shape index (κ3) is 4.52. The molecular formula is C19H20N2O4S2. The third-order valence-corrected chi connectivity index (χ3v) is 6.13. The van der Waals surface area contributed by atoms with Gasteiger partial charge in [0, 0.05) is 25.0 Å². The van der Waals surface area contributed by atoms with Crippen LogP contribution in [0.2, 0.25) is 0 Å². The van der Waals surface area contributed by atoms with Crippen LogP contribution < -0.4 is 4.80 Å². The molecule has 142 valence electrons. The number of thiazole rings is 1. The Bertz CT molecular complexity index is 1140. The Kier molecular flexibility index (Phi) is 5.88. The summed E-state index contributed by atoms with van der Waals surface area (Å²) in [7, 11) is -3.39. The molecule has 3 rings (SSSR count). The maximum atomic E-state index is 12.7. The molecule has 0 radical (unpaired) electrons. The number of hydrogen-bond donors (Lipinski definition) is 0. The molecule has 0 bridgehead atoms. The minimum atomic E-state index is -3.39. The van der Waals surface area contributed by atoms with E-state index in [1.165, 1.54) is 23.5 Å². The van der Waals surface area contributed by atoms with Gasteiger partial charge in [-0.1, -0.05) is 29.5 Å². The van der Waals surface area contributed by atoms with E-state index >= 15 is 0 Å². The molecule has 0 atom stereocenters. The molecule has 0 aliphatic carbocycles. The molecule has 0 unspecified atom stereocenters. The molecule has 0 fully saturated rings. The Morgan fingerprint density at radius 1 is 1.19 bits per heavy atom. The van der Waals surface area contributed by atoms with E-state index in [1.807, 2.05) is 35.8 Å². The lowest BCUT2D eigenvalue weighted by molar-refractivity contribution is 0.0996. The topological polar surface area (TPSA) is 77.7 Å². The summed E-state index contributed by atoms with van der Waals surface area (Å²) in [5.41, 5.74) is 1.23. The Balaban J connectivity index is 2.04. The Morgan fingerprint density at radius 2 is 1.96 bits per heavy atom. The highest BCUT2D eigenvalue weighted by Gasteiger charge is 2.12. The number of amides is 1. The highest BCUT2D eigenvalue weighted by atomic mass is 32.2. The molecule has 2 aromatic carbocycles. The van der Waals surface area contributed by atoms with Gasteiger partial charge in [0.1, 0.15) is 0 Å².